The zero-order valence-electron chi connectivity index (χ0n) is 17.6. The molecule has 152 valence electrons. The van der Waals surface area contributed by atoms with E-state index in [-0.39, 0.29) is 0 Å². The van der Waals surface area contributed by atoms with Crippen LogP contribution in [0.4, 0.5) is 5.69 Å². The van der Waals surface area contributed by atoms with Crippen molar-refractivity contribution in [3.8, 4) is 33.6 Å². The number of hydrogen-bond acceptors (Lipinski definition) is 4. The zero-order chi connectivity index (χ0) is 21.2. The smallest absolute Gasteiger partial charge is 0.138 e. The van der Waals surface area contributed by atoms with Gasteiger partial charge in [0.15, 0.2) is 0 Å². The van der Waals surface area contributed by atoms with Gasteiger partial charge in [-0.25, -0.2) is 4.98 Å². The van der Waals surface area contributed by atoms with Gasteiger partial charge in [-0.05, 0) is 67.4 Å². The molecule has 0 saturated carbocycles. The second kappa shape index (κ2) is 8.03. The van der Waals surface area contributed by atoms with E-state index in [9.17, 15) is 0 Å². The number of aromatic nitrogens is 4. The van der Waals surface area contributed by atoms with Crippen LogP contribution in [0.25, 0.3) is 44.7 Å². The first-order chi connectivity index (χ1) is 15.2. The lowest BCUT2D eigenvalue weighted by molar-refractivity contribution is 1.18. The second-order valence-electron chi connectivity index (χ2n) is 7.53. The molecule has 5 nitrogen and oxygen atoms in total. The van der Waals surface area contributed by atoms with E-state index in [2.05, 4.69) is 69.7 Å². The molecule has 0 aliphatic heterocycles. The summed E-state index contributed by atoms with van der Waals surface area (Å²) in [5.41, 5.74) is 8.99. The van der Waals surface area contributed by atoms with Crippen LogP contribution in [-0.2, 0) is 0 Å². The van der Waals surface area contributed by atoms with Crippen molar-refractivity contribution in [2.24, 2.45) is 0 Å². The molecule has 2 N–H and O–H groups in total. The zero-order valence-corrected chi connectivity index (χ0v) is 17.6. The molecule has 5 heteroatoms. The highest BCUT2D eigenvalue weighted by Crippen LogP contribution is 2.33. The van der Waals surface area contributed by atoms with Crippen molar-refractivity contribution < 1.29 is 0 Å². The van der Waals surface area contributed by atoms with Gasteiger partial charge < -0.3 is 10.3 Å². The van der Waals surface area contributed by atoms with Crippen LogP contribution in [0.15, 0.2) is 79.3 Å². The number of anilines is 1. The molecule has 0 radical (unpaired) electrons. The lowest BCUT2D eigenvalue weighted by Gasteiger charge is -2.10. The van der Waals surface area contributed by atoms with Gasteiger partial charge in [0.2, 0.25) is 0 Å². The van der Waals surface area contributed by atoms with E-state index in [4.69, 9.17) is 4.98 Å². The minimum Gasteiger partial charge on any atom is -0.385 e. The predicted molar refractivity (Wildman–Crippen MR) is 127 cm³/mol. The molecular weight excluding hydrogens is 382 g/mol. The Bertz CT molecular complexity index is 1350. The Balaban J connectivity index is 1.61. The molecule has 5 aromatic rings. The third-order valence-electron chi connectivity index (χ3n) is 5.33. The lowest BCUT2D eigenvalue weighted by atomic mass is 9.99. The number of pyridine rings is 3. The molecule has 4 heterocycles. The van der Waals surface area contributed by atoms with Crippen LogP contribution < -0.4 is 5.32 Å². The van der Waals surface area contributed by atoms with Gasteiger partial charge in [0.25, 0.3) is 0 Å². The van der Waals surface area contributed by atoms with Gasteiger partial charge in [0.05, 0.1) is 11.4 Å². The highest BCUT2D eigenvalue weighted by atomic mass is 14.9. The summed E-state index contributed by atoms with van der Waals surface area (Å²) in [5, 5.41) is 4.40. The van der Waals surface area contributed by atoms with Crippen molar-refractivity contribution in [3.05, 3.63) is 84.9 Å². The second-order valence-corrected chi connectivity index (χ2v) is 7.53. The fourth-order valence-electron chi connectivity index (χ4n) is 3.82. The Kier molecular flexibility index (Phi) is 4.92. The third-order valence-corrected chi connectivity index (χ3v) is 5.33. The number of rotatable bonds is 5. The first-order valence-corrected chi connectivity index (χ1v) is 10.4. The Morgan fingerprint density at radius 3 is 2.48 bits per heavy atom. The summed E-state index contributed by atoms with van der Waals surface area (Å²) in [4.78, 5) is 17.2. The summed E-state index contributed by atoms with van der Waals surface area (Å²) in [7, 11) is 0. The number of hydrogen-bond donors (Lipinski definition) is 2. The number of benzene rings is 1. The van der Waals surface area contributed by atoms with Crippen molar-refractivity contribution in [2.75, 3.05) is 11.9 Å². The van der Waals surface area contributed by atoms with Crippen LogP contribution in [0.2, 0.25) is 0 Å². The summed E-state index contributed by atoms with van der Waals surface area (Å²) >= 11 is 0. The fraction of sp³-hybridized carbons (Fsp3) is 0.115. The van der Waals surface area contributed by atoms with Gasteiger partial charge >= 0.3 is 0 Å². The van der Waals surface area contributed by atoms with Crippen molar-refractivity contribution in [1.29, 1.82) is 0 Å². The maximum Gasteiger partial charge on any atom is 0.138 e. The molecule has 5 rings (SSSR count). The average Bonchev–Trinajstić information content (AvgIpc) is 3.28. The predicted octanol–water partition coefficient (Wildman–Crippen LogP) is 6.09. The van der Waals surface area contributed by atoms with Gasteiger partial charge in [0.1, 0.15) is 5.65 Å². The quantitative estimate of drug-likeness (QED) is 0.371. The number of nitrogens with zero attached hydrogens (tertiary/aromatic N) is 3. The minimum atomic E-state index is 0.842. The standard InChI is InChI=1S/C26H23N5/c1-3-28-21-9-7-18(8-10-21)19-13-20(16-27-15-19)23-14-25(24-6-4-5-17(2)30-24)31-26-22(23)11-12-29-26/h4-16,28H,3H2,1-2H3,(H,29,31). The SMILES string of the molecule is CCNc1ccc(-c2cncc(-c3cc(-c4cccc(C)n4)nc4[nH]ccc34)c2)cc1. The molecular formula is C26H23N5. The van der Waals surface area contributed by atoms with Crippen molar-refractivity contribution in [3.63, 3.8) is 0 Å². The third kappa shape index (κ3) is 3.78. The van der Waals surface area contributed by atoms with E-state index >= 15 is 0 Å². The van der Waals surface area contributed by atoms with Crippen LogP contribution in [-0.4, -0.2) is 26.5 Å². The molecule has 0 aliphatic carbocycles. The summed E-state index contributed by atoms with van der Waals surface area (Å²) < 4.78 is 0. The summed E-state index contributed by atoms with van der Waals surface area (Å²) in [6.07, 6.45) is 5.74. The first kappa shape index (κ1) is 19.0. The lowest BCUT2D eigenvalue weighted by Crippen LogP contribution is -1.95. The Labute approximate surface area is 181 Å². The van der Waals surface area contributed by atoms with Crippen LogP contribution >= 0.6 is 0 Å². The molecule has 0 saturated heterocycles. The number of aryl methyl sites for hydroxylation is 1. The van der Waals surface area contributed by atoms with Crippen LogP contribution in [0.1, 0.15) is 12.6 Å². The topological polar surface area (TPSA) is 66.5 Å². The van der Waals surface area contributed by atoms with E-state index in [0.29, 0.717) is 0 Å². The molecule has 0 bridgehead atoms. The van der Waals surface area contributed by atoms with Crippen LogP contribution in [0.3, 0.4) is 0 Å². The number of H-pyrrole nitrogens is 1. The van der Waals surface area contributed by atoms with Crippen molar-refractivity contribution in [2.45, 2.75) is 13.8 Å². The summed E-state index contributed by atoms with van der Waals surface area (Å²) in [6, 6.07) is 20.8. The van der Waals surface area contributed by atoms with Crippen LogP contribution in [0.5, 0.6) is 0 Å². The highest BCUT2D eigenvalue weighted by molar-refractivity contribution is 5.95. The van der Waals surface area contributed by atoms with Crippen LogP contribution in [0, 0.1) is 6.92 Å². The molecule has 0 aliphatic rings. The van der Waals surface area contributed by atoms with Gasteiger partial charge in [-0.1, -0.05) is 18.2 Å². The minimum absolute atomic E-state index is 0.842. The maximum absolute atomic E-state index is 4.80. The molecule has 0 unspecified atom stereocenters. The molecule has 0 amide bonds. The van der Waals surface area contributed by atoms with E-state index in [1.54, 1.807) is 0 Å². The van der Waals surface area contributed by atoms with E-state index < -0.39 is 0 Å². The largest absolute Gasteiger partial charge is 0.385 e. The van der Waals surface area contributed by atoms with Gasteiger partial charge in [-0.2, -0.15) is 0 Å². The van der Waals surface area contributed by atoms with E-state index in [0.717, 1.165) is 62.6 Å². The molecule has 1 aromatic carbocycles. The molecule has 4 aromatic heterocycles. The summed E-state index contributed by atoms with van der Waals surface area (Å²) in [5.74, 6) is 0. The highest BCUT2D eigenvalue weighted by Gasteiger charge is 2.12. The van der Waals surface area contributed by atoms with E-state index in [1.165, 1.54) is 0 Å². The Hall–Kier alpha value is -3.99. The van der Waals surface area contributed by atoms with Gasteiger partial charge in [0, 0.05) is 53.0 Å². The molecule has 31 heavy (non-hydrogen) atoms. The van der Waals surface area contributed by atoms with Crippen molar-refractivity contribution in [1.82, 2.24) is 19.9 Å². The Morgan fingerprint density at radius 2 is 1.68 bits per heavy atom. The normalized spacial score (nSPS) is 11.0. The maximum atomic E-state index is 4.80. The first-order valence-electron chi connectivity index (χ1n) is 10.4. The number of nitrogens with one attached hydrogen (secondary N) is 2. The summed E-state index contributed by atoms with van der Waals surface area (Å²) in [6.45, 7) is 4.99. The monoisotopic (exact) mass is 405 g/mol. The van der Waals surface area contributed by atoms with Crippen molar-refractivity contribution >= 4 is 16.7 Å². The fourth-order valence-corrected chi connectivity index (χ4v) is 3.82. The Morgan fingerprint density at radius 1 is 0.839 bits per heavy atom. The number of aromatic amines is 1. The molecule has 0 spiro atoms. The van der Waals surface area contributed by atoms with E-state index in [1.807, 2.05) is 43.7 Å². The molecule has 0 fully saturated rings. The number of fused-ring (bicyclic) bond motifs is 1. The average molecular weight is 406 g/mol. The van der Waals surface area contributed by atoms with Gasteiger partial charge in [-0.3, -0.25) is 9.97 Å². The molecule has 0 atom stereocenters. The van der Waals surface area contributed by atoms with Gasteiger partial charge in [-0.15, -0.1) is 0 Å².